The summed E-state index contributed by atoms with van der Waals surface area (Å²) in [7, 11) is 0. The lowest BCUT2D eigenvalue weighted by atomic mass is 10.7. The molecule has 0 fully saturated rings. The monoisotopic (exact) mass is 143 g/mol. The SMILES string of the molecule is C=COC(=O)CN=C(N)N. The van der Waals surface area contributed by atoms with E-state index in [2.05, 4.69) is 16.3 Å². The Morgan fingerprint density at radius 1 is 1.70 bits per heavy atom. The van der Waals surface area contributed by atoms with Crippen LogP contribution < -0.4 is 11.5 Å². The fourth-order valence-electron chi connectivity index (χ4n) is 0.286. The van der Waals surface area contributed by atoms with Gasteiger partial charge in [-0.25, -0.2) is 9.79 Å². The number of hydrogen-bond acceptors (Lipinski definition) is 3. The van der Waals surface area contributed by atoms with Gasteiger partial charge < -0.3 is 16.2 Å². The van der Waals surface area contributed by atoms with E-state index in [0.717, 1.165) is 6.26 Å². The van der Waals surface area contributed by atoms with Crippen molar-refractivity contribution >= 4 is 11.9 Å². The van der Waals surface area contributed by atoms with Crippen molar-refractivity contribution in [3.63, 3.8) is 0 Å². The number of nitrogens with two attached hydrogens (primary N) is 2. The van der Waals surface area contributed by atoms with Crippen LogP contribution in [0.4, 0.5) is 0 Å². The van der Waals surface area contributed by atoms with E-state index < -0.39 is 5.97 Å². The van der Waals surface area contributed by atoms with Gasteiger partial charge in [0.05, 0.1) is 6.26 Å². The maximum Gasteiger partial charge on any atom is 0.332 e. The third kappa shape index (κ3) is 4.63. The van der Waals surface area contributed by atoms with Crippen LogP contribution in [0.25, 0.3) is 0 Å². The van der Waals surface area contributed by atoms with Crippen molar-refractivity contribution in [3.05, 3.63) is 12.8 Å². The van der Waals surface area contributed by atoms with Crippen molar-refractivity contribution in [1.29, 1.82) is 0 Å². The molecular weight excluding hydrogens is 134 g/mol. The number of carbonyl (C=O) groups excluding carboxylic acids is 1. The van der Waals surface area contributed by atoms with Crippen LogP contribution in [0, 0.1) is 0 Å². The zero-order valence-corrected chi connectivity index (χ0v) is 5.41. The molecule has 4 N–H and O–H groups in total. The van der Waals surface area contributed by atoms with Crippen molar-refractivity contribution in [3.8, 4) is 0 Å². The van der Waals surface area contributed by atoms with Crippen molar-refractivity contribution in [2.45, 2.75) is 0 Å². The molecule has 0 aliphatic carbocycles. The Morgan fingerprint density at radius 3 is 2.70 bits per heavy atom. The number of ether oxygens (including phenoxy) is 1. The zero-order chi connectivity index (χ0) is 7.98. The van der Waals surface area contributed by atoms with Gasteiger partial charge in [-0.2, -0.15) is 0 Å². The molecule has 0 saturated heterocycles. The molecular formula is C5H9N3O2. The Labute approximate surface area is 58.4 Å². The van der Waals surface area contributed by atoms with Crippen LogP contribution in [0.2, 0.25) is 0 Å². The predicted molar refractivity (Wildman–Crippen MR) is 37.0 cm³/mol. The first-order chi connectivity index (χ1) is 4.66. The van der Waals surface area contributed by atoms with Crippen LogP contribution in [-0.4, -0.2) is 18.5 Å². The molecule has 0 rings (SSSR count). The molecule has 0 saturated carbocycles. The molecule has 0 aromatic rings. The average molecular weight is 143 g/mol. The standard InChI is InChI=1S/C5H9N3O2/c1-2-10-4(9)3-8-5(6)7/h2H,1,3H2,(H4,6,7,8). The van der Waals surface area contributed by atoms with Crippen LogP contribution in [0.1, 0.15) is 0 Å². The fourth-order valence-corrected chi connectivity index (χ4v) is 0.286. The summed E-state index contributed by atoms with van der Waals surface area (Å²) in [6.07, 6.45) is 1.02. The number of aliphatic imine (C=N–C) groups is 1. The highest BCUT2D eigenvalue weighted by atomic mass is 16.5. The smallest absolute Gasteiger partial charge is 0.332 e. The third-order valence-corrected chi connectivity index (χ3v) is 0.606. The molecule has 5 nitrogen and oxygen atoms in total. The number of guanidine groups is 1. The van der Waals surface area contributed by atoms with Crippen molar-refractivity contribution in [2.75, 3.05) is 6.54 Å². The van der Waals surface area contributed by atoms with Gasteiger partial charge in [-0.15, -0.1) is 0 Å². The predicted octanol–water partition coefficient (Wildman–Crippen LogP) is -1.05. The number of rotatable bonds is 3. The normalized spacial score (nSPS) is 8.00. The van der Waals surface area contributed by atoms with Gasteiger partial charge in [-0.3, -0.25) is 0 Å². The van der Waals surface area contributed by atoms with Gasteiger partial charge in [-0.05, 0) is 0 Å². The molecule has 0 amide bonds. The second-order valence-corrected chi connectivity index (χ2v) is 1.40. The van der Waals surface area contributed by atoms with E-state index in [1.54, 1.807) is 0 Å². The number of nitrogens with zero attached hydrogens (tertiary/aromatic N) is 1. The Balaban J connectivity index is 3.59. The Kier molecular flexibility index (Phi) is 3.70. The maximum absolute atomic E-state index is 10.4. The van der Waals surface area contributed by atoms with Gasteiger partial charge in [-0.1, -0.05) is 6.58 Å². The van der Waals surface area contributed by atoms with Crippen LogP contribution in [-0.2, 0) is 9.53 Å². The largest absolute Gasteiger partial charge is 0.434 e. The van der Waals surface area contributed by atoms with Crippen molar-refractivity contribution in [2.24, 2.45) is 16.5 Å². The lowest BCUT2D eigenvalue weighted by Crippen LogP contribution is -2.24. The van der Waals surface area contributed by atoms with E-state index in [4.69, 9.17) is 11.5 Å². The average Bonchev–Trinajstić information content (AvgIpc) is 1.85. The summed E-state index contributed by atoms with van der Waals surface area (Å²) in [5.74, 6) is -0.676. The number of hydrogen-bond donors (Lipinski definition) is 2. The molecule has 0 aromatic heterocycles. The van der Waals surface area contributed by atoms with E-state index in [1.807, 2.05) is 0 Å². The van der Waals surface area contributed by atoms with Crippen molar-refractivity contribution in [1.82, 2.24) is 0 Å². The fraction of sp³-hybridized carbons (Fsp3) is 0.200. The minimum Gasteiger partial charge on any atom is -0.434 e. The van der Waals surface area contributed by atoms with E-state index in [0.29, 0.717) is 0 Å². The molecule has 0 unspecified atom stereocenters. The van der Waals surface area contributed by atoms with E-state index in [1.165, 1.54) is 0 Å². The summed E-state index contributed by atoms with van der Waals surface area (Å²) in [6.45, 7) is 3.00. The highest BCUT2D eigenvalue weighted by Gasteiger charge is 1.96. The van der Waals surface area contributed by atoms with Gasteiger partial charge in [0.15, 0.2) is 5.96 Å². The molecule has 0 heterocycles. The summed E-state index contributed by atoms with van der Waals surface area (Å²) < 4.78 is 4.30. The second kappa shape index (κ2) is 4.37. The minimum absolute atomic E-state index is 0.138. The first-order valence-corrected chi connectivity index (χ1v) is 2.52. The highest BCUT2D eigenvalue weighted by Crippen LogP contribution is 1.78. The molecule has 0 aliphatic rings. The molecule has 5 heteroatoms. The van der Waals surface area contributed by atoms with E-state index in [-0.39, 0.29) is 12.5 Å². The highest BCUT2D eigenvalue weighted by molar-refractivity contribution is 5.80. The number of esters is 1. The maximum atomic E-state index is 10.4. The molecule has 56 valence electrons. The summed E-state index contributed by atoms with van der Waals surface area (Å²) in [5, 5.41) is 0. The molecule has 0 aromatic carbocycles. The summed E-state index contributed by atoms with van der Waals surface area (Å²) in [6, 6.07) is 0. The summed E-state index contributed by atoms with van der Waals surface area (Å²) in [5.41, 5.74) is 9.86. The van der Waals surface area contributed by atoms with E-state index >= 15 is 0 Å². The third-order valence-electron chi connectivity index (χ3n) is 0.606. The van der Waals surface area contributed by atoms with Gasteiger partial charge in [0.2, 0.25) is 0 Å². The van der Waals surface area contributed by atoms with Gasteiger partial charge in [0.1, 0.15) is 6.54 Å². The molecule has 0 spiro atoms. The zero-order valence-electron chi connectivity index (χ0n) is 5.41. The van der Waals surface area contributed by atoms with Crippen LogP contribution >= 0.6 is 0 Å². The molecule has 0 radical (unpaired) electrons. The van der Waals surface area contributed by atoms with Crippen molar-refractivity contribution < 1.29 is 9.53 Å². The van der Waals surface area contributed by atoms with E-state index in [9.17, 15) is 4.79 Å². The van der Waals surface area contributed by atoms with Crippen LogP contribution in [0.3, 0.4) is 0 Å². The minimum atomic E-state index is -0.539. The molecule has 0 atom stereocenters. The molecule has 0 aliphatic heterocycles. The second-order valence-electron chi connectivity index (χ2n) is 1.40. The molecule has 0 bridgehead atoms. The number of carbonyl (C=O) groups is 1. The Hall–Kier alpha value is -1.52. The van der Waals surface area contributed by atoms with Gasteiger partial charge >= 0.3 is 5.97 Å². The van der Waals surface area contributed by atoms with Gasteiger partial charge in [0.25, 0.3) is 0 Å². The first-order valence-electron chi connectivity index (χ1n) is 2.52. The van der Waals surface area contributed by atoms with Crippen LogP contribution in [0.5, 0.6) is 0 Å². The summed E-state index contributed by atoms with van der Waals surface area (Å²) >= 11 is 0. The first kappa shape index (κ1) is 8.48. The molecule has 10 heavy (non-hydrogen) atoms. The topological polar surface area (TPSA) is 90.7 Å². The lowest BCUT2D eigenvalue weighted by molar-refractivity contribution is -0.136. The summed E-state index contributed by atoms with van der Waals surface area (Å²) in [4.78, 5) is 13.8. The van der Waals surface area contributed by atoms with Gasteiger partial charge in [0, 0.05) is 0 Å². The Bertz CT molecular complexity index is 160. The quantitative estimate of drug-likeness (QED) is 0.228. The lowest BCUT2D eigenvalue weighted by Gasteiger charge is -1.93. The Morgan fingerprint density at radius 2 is 2.30 bits per heavy atom. The van der Waals surface area contributed by atoms with Crippen LogP contribution in [0.15, 0.2) is 17.8 Å².